The number of rotatable bonds is 10. The molecule has 0 rings (SSSR count). The number of hydrogen-bond donors (Lipinski definition) is 1. The molecule has 0 heterocycles. The maximum absolute atomic E-state index is 11.3. The predicted molar refractivity (Wildman–Crippen MR) is 73.2 cm³/mol. The third-order valence-corrected chi connectivity index (χ3v) is 2.99. The summed E-state index contributed by atoms with van der Waals surface area (Å²) in [5.74, 6) is -0.582. The summed E-state index contributed by atoms with van der Waals surface area (Å²) in [6.45, 7) is 6.99. The number of carbonyl (C=O) groups excluding carboxylic acids is 2. The standard InChI is InChI=1S/C14H24O6/c1-4-7-8-18-13(17)20-11-14(6-3,9-15)10-19-12(16)5-2/h5,15H,2,4,6-11H2,1,3H3. The van der Waals surface area contributed by atoms with Gasteiger partial charge in [0.2, 0.25) is 0 Å². The van der Waals surface area contributed by atoms with Gasteiger partial charge in [-0.15, -0.1) is 0 Å². The quantitative estimate of drug-likeness (QED) is 0.376. The molecule has 0 fully saturated rings. The highest BCUT2D eigenvalue weighted by molar-refractivity contribution is 5.81. The van der Waals surface area contributed by atoms with Crippen LogP contribution in [0, 0.1) is 5.41 Å². The molecule has 20 heavy (non-hydrogen) atoms. The van der Waals surface area contributed by atoms with E-state index in [-0.39, 0.29) is 19.8 Å². The molecule has 0 aliphatic carbocycles. The minimum atomic E-state index is -0.817. The fourth-order valence-electron chi connectivity index (χ4n) is 1.29. The topological polar surface area (TPSA) is 82.1 Å². The maximum atomic E-state index is 11.3. The van der Waals surface area contributed by atoms with E-state index >= 15 is 0 Å². The summed E-state index contributed by atoms with van der Waals surface area (Å²) in [6.07, 6.45) is 2.43. The van der Waals surface area contributed by atoms with Crippen LogP contribution in [0.25, 0.3) is 0 Å². The van der Waals surface area contributed by atoms with Gasteiger partial charge in [0, 0.05) is 6.08 Å². The highest BCUT2D eigenvalue weighted by Gasteiger charge is 2.31. The number of aliphatic hydroxyl groups is 1. The van der Waals surface area contributed by atoms with Gasteiger partial charge >= 0.3 is 12.1 Å². The van der Waals surface area contributed by atoms with Gasteiger partial charge in [-0.1, -0.05) is 26.8 Å². The van der Waals surface area contributed by atoms with E-state index in [1.807, 2.05) is 13.8 Å². The summed E-state index contributed by atoms with van der Waals surface area (Å²) < 4.78 is 14.7. The van der Waals surface area contributed by atoms with Gasteiger partial charge in [-0.2, -0.15) is 0 Å². The van der Waals surface area contributed by atoms with Crippen LogP contribution in [0.2, 0.25) is 0 Å². The van der Waals surface area contributed by atoms with E-state index in [0.29, 0.717) is 13.0 Å². The first-order chi connectivity index (χ1) is 9.53. The van der Waals surface area contributed by atoms with Crippen molar-refractivity contribution in [3.8, 4) is 0 Å². The number of aliphatic hydroxyl groups excluding tert-OH is 1. The molecule has 0 radical (unpaired) electrons. The molecule has 6 heteroatoms. The Hall–Kier alpha value is -1.56. The molecule has 1 unspecified atom stereocenters. The average Bonchev–Trinajstić information content (AvgIpc) is 2.48. The molecule has 0 bridgehead atoms. The molecule has 0 saturated carbocycles. The largest absolute Gasteiger partial charge is 0.508 e. The van der Waals surface area contributed by atoms with Crippen LogP contribution in [0.5, 0.6) is 0 Å². The van der Waals surface area contributed by atoms with E-state index in [2.05, 4.69) is 6.58 Å². The third kappa shape index (κ3) is 7.13. The molecule has 0 spiro atoms. The predicted octanol–water partition coefficient (Wildman–Crippen LogP) is 2.06. The Morgan fingerprint density at radius 2 is 1.85 bits per heavy atom. The second-order valence-corrected chi connectivity index (χ2v) is 4.56. The Balaban J connectivity index is 4.27. The molecule has 1 N–H and O–H groups in total. The van der Waals surface area contributed by atoms with Crippen molar-refractivity contribution >= 4 is 12.1 Å². The van der Waals surface area contributed by atoms with E-state index < -0.39 is 17.5 Å². The van der Waals surface area contributed by atoms with E-state index in [0.717, 1.165) is 18.9 Å². The zero-order valence-electron chi connectivity index (χ0n) is 12.2. The summed E-state index contributed by atoms with van der Waals surface area (Å²) in [5, 5.41) is 9.44. The van der Waals surface area contributed by atoms with Gasteiger partial charge in [0.1, 0.15) is 13.2 Å². The molecule has 116 valence electrons. The smallest absolute Gasteiger partial charge is 0.462 e. The van der Waals surface area contributed by atoms with E-state index in [1.54, 1.807) is 0 Å². The van der Waals surface area contributed by atoms with Crippen LogP contribution in [-0.2, 0) is 19.0 Å². The molecule has 1 atom stereocenters. The fraction of sp³-hybridized carbons (Fsp3) is 0.714. The van der Waals surface area contributed by atoms with Gasteiger partial charge in [0.25, 0.3) is 0 Å². The van der Waals surface area contributed by atoms with Crippen molar-refractivity contribution in [2.45, 2.75) is 33.1 Å². The zero-order chi connectivity index (χ0) is 15.4. The van der Waals surface area contributed by atoms with Crippen molar-refractivity contribution in [1.29, 1.82) is 0 Å². The van der Waals surface area contributed by atoms with Gasteiger partial charge in [-0.25, -0.2) is 9.59 Å². The molecule has 0 amide bonds. The molecular formula is C14H24O6. The van der Waals surface area contributed by atoms with Gasteiger partial charge in [-0.05, 0) is 12.8 Å². The van der Waals surface area contributed by atoms with Gasteiger partial charge < -0.3 is 19.3 Å². The van der Waals surface area contributed by atoms with Crippen LogP contribution in [0.15, 0.2) is 12.7 Å². The summed E-state index contributed by atoms with van der Waals surface area (Å²) in [5.41, 5.74) is -0.817. The van der Waals surface area contributed by atoms with E-state index in [9.17, 15) is 14.7 Å². The maximum Gasteiger partial charge on any atom is 0.508 e. The lowest BCUT2D eigenvalue weighted by Gasteiger charge is -2.28. The molecule has 0 aliphatic rings. The van der Waals surface area contributed by atoms with Crippen molar-refractivity contribution in [2.75, 3.05) is 26.4 Å². The average molecular weight is 288 g/mol. The molecule has 0 aromatic rings. The second-order valence-electron chi connectivity index (χ2n) is 4.56. The first kappa shape index (κ1) is 18.4. The highest BCUT2D eigenvalue weighted by Crippen LogP contribution is 2.22. The lowest BCUT2D eigenvalue weighted by molar-refractivity contribution is -0.144. The highest BCUT2D eigenvalue weighted by atomic mass is 16.7. The Morgan fingerprint density at radius 1 is 1.20 bits per heavy atom. The molecule has 6 nitrogen and oxygen atoms in total. The van der Waals surface area contributed by atoms with Crippen LogP contribution in [-0.4, -0.2) is 43.7 Å². The number of unbranched alkanes of at least 4 members (excludes halogenated alkanes) is 1. The first-order valence-electron chi connectivity index (χ1n) is 6.73. The minimum absolute atomic E-state index is 0.0485. The van der Waals surface area contributed by atoms with Crippen molar-refractivity contribution in [3.05, 3.63) is 12.7 Å². The number of esters is 1. The Morgan fingerprint density at radius 3 is 2.35 bits per heavy atom. The number of hydrogen-bond acceptors (Lipinski definition) is 6. The zero-order valence-corrected chi connectivity index (χ0v) is 12.2. The third-order valence-electron chi connectivity index (χ3n) is 2.99. The molecule has 0 aromatic heterocycles. The first-order valence-corrected chi connectivity index (χ1v) is 6.73. The van der Waals surface area contributed by atoms with Crippen molar-refractivity contribution < 1.29 is 28.9 Å². The lowest BCUT2D eigenvalue weighted by atomic mass is 9.88. The van der Waals surface area contributed by atoms with Crippen molar-refractivity contribution in [1.82, 2.24) is 0 Å². The van der Waals surface area contributed by atoms with Crippen LogP contribution >= 0.6 is 0 Å². The number of ether oxygens (including phenoxy) is 3. The van der Waals surface area contributed by atoms with Crippen molar-refractivity contribution in [2.24, 2.45) is 5.41 Å². The van der Waals surface area contributed by atoms with Crippen LogP contribution in [0.4, 0.5) is 4.79 Å². The Kier molecular flexibility index (Phi) is 9.45. The van der Waals surface area contributed by atoms with E-state index in [4.69, 9.17) is 14.2 Å². The SMILES string of the molecule is C=CC(=O)OCC(CC)(CO)COC(=O)OCCCC. The van der Waals surface area contributed by atoms with Gasteiger partial charge in [-0.3, -0.25) is 0 Å². The van der Waals surface area contributed by atoms with Gasteiger partial charge in [0.05, 0.1) is 18.6 Å². The molecule has 0 aliphatic heterocycles. The summed E-state index contributed by atoms with van der Waals surface area (Å²) in [6, 6.07) is 0. The van der Waals surface area contributed by atoms with Crippen molar-refractivity contribution in [3.63, 3.8) is 0 Å². The molecule has 0 saturated heterocycles. The molecule has 0 aromatic carbocycles. The van der Waals surface area contributed by atoms with Crippen LogP contribution in [0.1, 0.15) is 33.1 Å². The Labute approximate surface area is 119 Å². The second kappa shape index (κ2) is 10.3. The normalized spacial score (nSPS) is 13.2. The van der Waals surface area contributed by atoms with Gasteiger partial charge in [0.15, 0.2) is 0 Å². The summed E-state index contributed by atoms with van der Waals surface area (Å²) in [7, 11) is 0. The molecular weight excluding hydrogens is 264 g/mol. The summed E-state index contributed by atoms with van der Waals surface area (Å²) >= 11 is 0. The van der Waals surface area contributed by atoms with Crippen LogP contribution < -0.4 is 0 Å². The van der Waals surface area contributed by atoms with Crippen LogP contribution in [0.3, 0.4) is 0 Å². The monoisotopic (exact) mass is 288 g/mol. The Bertz CT molecular complexity index is 309. The summed E-state index contributed by atoms with van der Waals surface area (Å²) in [4.78, 5) is 22.4. The lowest BCUT2D eigenvalue weighted by Crippen LogP contribution is -2.37. The fourth-order valence-corrected chi connectivity index (χ4v) is 1.29. The number of carbonyl (C=O) groups is 2. The minimum Gasteiger partial charge on any atom is -0.462 e. The van der Waals surface area contributed by atoms with E-state index in [1.165, 1.54) is 0 Å².